The first-order valence-electron chi connectivity index (χ1n) is 10.0. The smallest absolute Gasteiger partial charge is 0.317 e. The van der Waals surface area contributed by atoms with E-state index in [0.717, 1.165) is 31.5 Å². The lowest BCUT2D eigenvalue weighted by Gasteiger charge is -2.37. The fraction of sp³-hybridized carbons (Fsp3) is 0.619. The highest BCUT2D eigenvalue weighted by Gasteiger charge is 2.26. The van der Waals surface area contributed by atoms with E-state index in [1.54, 1.807) is 12.1 Å². The number of amides is 1. The Morgan fingerprint density at radius 3 is 2.31 bits per heavy atom. The number of carboxylic acid groups (broad SMARTS) is 1. The van der Waals surface area contributed by atoms with Gasteiger partial charge in [-0.15, -0.1) is 12.4 Å². The standard InChI is InChI=1S/C21H32FN3O3.ClH/c1-4-25(14-20(27)28)18-9-11-24(12-10-18)13-19(26)23-21(15(2)3)16-5-7-17(22)8-6-16;/h5-8,15,18,21H,4,9-14H2,1-3H3,(H,23,26)(H,27,28);1H. The number of nitrogens with one attached hydrogen (secondary N) is 1. The molecule has 0 radical (unpaired) electrons. The molecule has 1 aliphatic rings. The van der Waals surface area contributed by atoms with Crippen molar-refractivity contribution >= 4 is 24.3 Å². The second-order valence-corrected chi connectivity index (χ2v) is 7.80. The van der Waals surface area contributed by atoms with Crippen molar-refractivity contribution < 1.29 is 19.1 Å². The van der Waals surface area contributed by atoms with E-state index >= 15 is 0 Å². The summed E-state index contributed by atoms with van der Waals surface area (Å²) in [6.07, 6.45) is 1.72. The van der Waals surface area contributed by atoms with Gasteiger partial charge in [0, 0.05) is 19.1 Å². The van der Waals surface area contributed by atoms with Crippen LogP contribution in [0.4, 0.5) is 4.39 Å². The van der Waals surface area contributed by atoms with Crippen LogP contribution in [0.5, 0.6) is 0 Å². The van der Waals surface area contributed by atoms with Crippen molar-refractivity contribution in [1.29, 1.82) is 0 Å². The third-order valence-corrected chi connectivity index (χ3v) is 5.40. The maximum absolute atomic E-state index is 13.2. The molecule has 1 amide bonds. The molecule has 29 heavy (non-hydrogen) atoms. The number of carbonyl (C=O) groups is 2. The molecule has 164 valence electrons. The highest BCUT2D eigenvalue weighted by Crippen LogP contribution is 2.22. The van der Waals surface area contributed by atoms with Crippen molar-refractivity contribution in [3.8, 4) is 0 Å². The summed E-state index contributed by atoms with van der Waals surface area (Å²) in [5.41, 5.74) is 0.899. The molecule has 2 N–H and O–H groups in total. The predicted molar refractivity (Wildman–Crippen MR) is 114 cm³/mol. The Bertz CT molecular complexity index is 649. The van der Waals surface area contributed by atoms with E-state index in [1.165, 1.54) is 12.1 Å². The molecule has 1 aliphatic heterocycles. The molecule has 1 heterocycles. The number of carboxylic acids is 1. The maximum Gasteiger partial charge on any atom is 0.317 e. The van der Waals surface area contributed by atoms with Gasteiger partial charge >= 0.3 is 5.97 Å². The number of piperidine rings is 1. The van der Waals surface area contributed by atoms with Gasteiger partial charge in [-0.1, -0.05) is 32.9 Å². The topological polar surface area (TPSA) is 72.9 Å². The zero-order valence-corrected chi connectivity index (χ0v) is 18.3. The van der Waals surface area contributed by atoms with Crippen LogP contribution in [0.15, 0.2) is 24.3 Å². The minimum atomic E-state index is -0.802. The molecule has 6 nitrogen and oxygen atoms in total. The number of nitrogens with zero attached hydrogens (tertiary/aromatic N) is 2. The quantitative estimate of drug-likeness (QED) is 0.631. The number of carbonyl (C=O) groups excluding carboxylic acids is 1. The number of hydrogen-bond acceptors (Lipinski definition) is 4. The summed E-state index contributed by atoms with van der Waals surface area (Å²) < 4.78 is 13.2. The average Bonchev–Trinajstić information content (AvgIpc) is 2.65. The van der Waals surface area contributed by atoms with Gasteiger partial charge in [0.05, 0.1) is 19.1 Å². The van der Waals surface area contributed by atoms with Gasteiger partial charge in [-0.25, -0.2) is 4.39 Å². The Kier molecular flexibility index (Phi) is 10.6. The second kappa shape index (κ2) is 12.1. The van der Waals surface area contributed by atoms with E-state index in [4.69, 9.17) is 5.11 Å². The monoisotopic (exact) mass is 429 g/mol. The van der Waals surface area contributed by atoms with E-state index in [2.05, 4.69) is 10.2 Å². The molecule has 2 rings (SSSR count). The molecule has 0 aliphatic carbocycles. The number of rotatable bonds is 9. The van der Waals surface area contributed by atoms with Gasteiger partial charge in [0.1, 0.15) is 5.82 Å². The molecule has 1 atom stereocenters. The van der Waals surface area contributed by atoms with Crippen molar-refractivity contribution in [3.63, 3.8) is 0 Å². The van der Waals surface area contributed by atoms with Crippen LogP contribution in [-0.2, 0) is 9.59 Å². The van der Waals surface area contributed by atoms with Crippen LogP contribution in [0.25, 0.3) is 0 Å². The summed E-state index contributed by atoms with van der Waals surface area (Å²) in [7, 11) is 0. The number of hydrogen-bond donors (Lipinski definition) is 2. The van der Waals surface area contributed by atoms with Crippen LogP contribution in [0.1, 0.15) is 45.2 Å². The molecule has 1 aromatic carbocycles. The van der Waals surface area contributed by atoms with Crippen LogP contribution in [0.2, 0.25) is 0 Å². The van der Waals surface area contributed by atoms with Gasteiger partial charge in [-0.05, 0) is 43.0 Å². The Labute approximate surface area is 178 Å². The van der Waals surface area contributed by atoms with Gasteiger partial charge in [0.2, 0.25) is 5.91 Å². The third kappa shape index (κ3) is 7.91. The minimum absolute atomic E-state index is 0. The van der Waals surface area contributed by atoms with E-state index < -0.39 is 5.97 Å². The molecule has 0 spiro atoms. The lowest BCUT2D eigenvalue weighted by atomic mass is 9.96. The molecule has 1 saturated heterocycles. The number of benzene rings is 1. The highest BCUT2D eigenvalue weighted by molar-refractivity contribution is 5.85. The summed E-state index contributed by atoms with van der Waals surface area (Å²) in [6.45, 7) is 8.68. The first-order chi connectivity index (χ1) is 13.3. The largest absolute Gasteiger partial charge is 0.480 e. The van der Waals surface area contributed by atoms with Crippen molar-refractivity contribution in [1.82, 2.24) is 15.1 Å². The lowest BCUT2D eigenvalue weighted by molar-refractivity contribution is -0.139. The summed E-state index contributed by atoms with van der Waals surface area (Å²) in [5, 5.41) is 12.1. The Morgan fingerprint density at radius 2 is 1.83 bits per heavy atom. The van der Waals surface area contributed by atoms with Crippen molar-refractivity contribution in [2.75, 3.05) is 32.7 Å². The average molecular weight is 430 g/mol. The molecular formula is C21H33ClFN3O3. The second-order valence-electron chi connectivity index (χ2n) is 7.80. The number of halogens is 2. The molecule has 1 fully saturated rings. The normalized spacial score (nSPS) is 16.5. The van der Waals surface area contributed by atoms with Crippen molar-refractivity contribution in [2.45, 2.75) is 45.7 Å². The van der Waals surface area contributed by atoms with Gasteiger partial charge in [0.25, 0.3) is 0 Å². The third-order valence-electron chi connectivity index (χ3n) is 5.40. The van der Waals surface area contributed by atoms with Gasteiger partial charge < -0.3 is 10.4 Å². The van der Waals surface area contributed by atoms with Gasteiger partial charge in [0.15, 0.2) is 0 Å². The van der Waals surface area contributed by atoms with Crippen molar-refractivity contribution in [3.05, 3.63) is 35.6 Å². The fourth-order valence-electron chi connectivity index (χ4n) is 3.84. The van der Waals surface area contributed by atoms with E-state index in [-0.39, 0.29) is 48.7 Å². The lowest BCUT2D eigenvalue weighted by Crippen LogP contribution is -2.49. The van der Waals surface area contributed by atoms with E-state index in [1.807, 2.05) is 25.7 Å². The first kappa shape index (κ1) is 25.3. The Hall–Kier alpha value is -1.70. The molecule has 0 bridgehead atoms. The number of likely N-dealkylation sites (N-methyl/N-ethyl adjacent to an activating group) is 1. The Balaban J connectivity index is 0.00000420. The molecule has 0 saturated carbocycles. The van der Waals surface area contributed by atoms with Gasteiger partial charge in [-0.2, -0.15) is 0 Å². The van der Waals surface area contributed by atoms with Crippen LogP contribution < -0.4 is 5.32 Å². The minimum Gasteiger partial charge on any atom is -0.480 e. The van der Waals surface area contributed by atoms with Crippen LogP contribution in [0.3, 0.4) is 0 Å². The summed E-state index contributed by atoms with van der Waals surface area (Å²) in [5.74, 6) is -0.942. The molecule has 8 heteroatoms. The summed E-state index contributed by atoms with van der Waals surface area (Å²) in [4.78, 5) is 27.7. The first-order valence-corrected chi connectivity index (χ1v) is 10.0. The van der Waals surface area contributed by atoms with E-state index in [9.17, 15) is 14.0 Å². The van der Waals surface area contributed by atoms with Gasteiger partial charge in [-0.3, -0.25) is 19.4 Å². The number of aliphatic carboxylic acids is 1. The van der Waals surface area contributed by atoms with Crippen LogP contribution >= 0.6 is 12.4 Å². The zero-order chi connectivity index (χ0) is 20.7. The molecule has 1 aromatic rings. The van der Waals surface area contributed by atoms with Crippen molar-refractivity contribution in [2.24, 2.45) is 5.92 Å². The fourth-order valence-corrected chi connectivity index (χ4v) is 3.84. The maximum atomic E-state index is 13.2. The zero-order valence-electron chi connectivity index (χ0n) is 17.4. The highest BCUT2D eigenvalue weighted by atomic mass is 35.5. The molecule has 1 unspecified atom stereocenters. The predicted octanol–water partition coefficient (Wildman–Crippen LogP) is 2.93. The van der Waals surface area contributed by atoms with E-state index in [0.29, 0.717) is 13.1 Å². The van der Waals surface area contributed by atoms with Crippen LogP contribution in [-0.4, -0.2) is 65.5 Å². The molecular weight excluding hydrogens is 397 g/mol. The Morgan fingerprint density at radius 1 is 1.24 bits per heavy atom. The number of likely N-dealkylation sites (tertiary alicyclic amines) is 1. The molecule has 0 aromatic heterocycles. The SMILES string of the molecule is CCN(CC(=O)O)C1CCN(CC(=O)NC(c2ccc(F)cc2)C(C)C)CC1.Cl. The summed E-state index contributed by atoms with van der Waals surface area (Å²) in [6, 6.07) is 6.36. The summed E-state index contributed by atoms with van der Waals surface area (Å²) >= 11 is 0. The van der Waals surface area contributed by atoms with Crippen LogP contribution in [0, 0.1) is 11.7 Å².